The Kier molecular flexibility index (Phi) is 3.11. The van der Waals surface area contributed by atoms with Gasteiger partial charge >= 0.3 is 17.9 Å². The largest absolute Gasteiger partial charge is 0.465 e. The minimum atomic E-state index is -1.26. The Balaban J connectivity index is 1.93. The van der Waals surface area contributed by atoms with Crippen LogP contribution in [0.4, 0.5) is 0 Å². The molecule has 6 heteroatoms. The molecule has 0 radical (unpaired) electrons. The van der Waals surface area contributed by atoms with Gasteiger partial charge in [0.15, 0.2) is 0 Å². The van der Waals surface area contributed by atoms with Crippen molar-refractivity contribution < 1.29 is 28.5 Å². The standard InChI is InChI=1S/C10H14O6/c1-13-10(3-2-4-15-10)16-9(12)7-5-8(11)14-6-7/h7H,2-6H2,1H3. The molecule has 0 bridgehead atoms. The lowest BCUT2D eigenvalue weighted by Crippen LogP contribution is -2.38. The highest BCUT2D eigenvalue weighted by Gasteiger charge is 2.43. The molecule has 2 rings (SSSR count). The number of hydrogen-bond donors (Lipinski definition) is 0. The summed E-state index contributed by atoms with van der Waals surface area (Å²) in [7, 11) is 1.43. The van der Waals surface area contributed by atoms with Gasteiger partial charge in [0, 0.05) is 13.5 Å². The first-order chi connectivity index (χ1) is 7.65. The number of carbonyl (C=O) groups is 2. The van der Waals surface area contributed by atoms with Crippen molar-refractivity contribution >= 4 is 11.9 Å². The van der Waals surface area contributed by atoms with Crippen LogP contribution in [0.3, 0.4) is 0 Å². The molecule has 0 amide bonds. The average molecular weight is 230 g/mol. The zero-order valence-electron chi connectivity index (χ0n) is 9.06. The monoisotopic (exact) mass is 230 g/mol. The first-order valence-corrected chi connectivity index (χ1v) is 5.23. The van der Waals surface area contributed by atoms with Gasteiger partial charge in [-0.05, 0) is 6.42 Å². The Morgan fingerprint density at radius 3 is 2.88 bits per heavy atom. The Bertz CT molecular complexity index is 294. The molecule has 0 aromatic carbocycles. The molecule has 2 fully saturated rings. The zero-order chi connectivity index (χ0) is 11.6. The van der Waals surface area contributed by atoms with Crippen molar-refractivity contribution in [2.45, 2.75) is 25.2 Å². The van der Waals surface area contributed by atoms with Crippen LogP contribution in [0.25, 0.3) is 0 Å². The van der Waals surface area contributed by atoms with Gasteiger partial charge in [0.05, 0.1) is 13.0 Å². The third-order valence-electron chi connectivity index (χ3n) is 2.71. The molecule has 6 nitrogen and oxygen atoms in total. The molecule has 2 aliphatic rings. The Morgan fingerprint density at radius 1 is 1.56 bits per heavy atom. The maximum Gasteiger partial charge on any atom is 0.329 e. The highest BCUT2D eigenvalue weighted by Crippen LogP contribution is 2.29. The van der Waals surface area contributed by atoms with Gasteiger partial charge < -0.3 is 18.9 Å². The molecule has 90 valence electrons. The van der Waals surface area contributed by atoms with Gasteiger partial charge in [0.25, 0.3) is 0 Å². The number of esters is 2. The highest BCUT2D eigenvalue weighted by atomic mass is 16.9. The van der Waals surface area contributed by atoms with Crippen LogP contribution in [0.5, 0.6) is 0 Å². The number of methoxy groups -OCH3 is 1. The Hall–Kier alpha value is -1.14. The van der Waals surface area contributed by atoms with Gasteiger partial charge in [-0.15, -0.1) is 0 Å². The molecule has 2 aliphatic heterocycles. The third-order valence-corrected chi connectivity index (χ3v) is 2.71. The van der Waals surface area contributed by atoms with Crippen LogP contribution in [-0.2, 0) is 28.5 Å². The second kappa shape index (κ2) is 4.39. The van der Waals surface area contributed by atoms with E-state index in [1.54, 1.807) is 0 Å². The summed E-state index contributed by atoms with van der Waals surface area (Å²) >= 11 is 0. The number of hydrogen-bond acceptors (Lipinski definition) is 6. The summed E-state index contributed by atoms with van der Waals surface area (Å²) in [5, 5.41) is 0. The molecule has 2 atom stereocenters. The first-order valence-electron chi connectivity index (χ1n) is 5.23. The molecule has 0 saturated carbocycles. The van der Waals surface area contributed by atoms with E-state index >= 15 is 0 Å². The van der Waals surface area contributed by atoms with Crippen LogP contribution >= 0.6 is 0 Å². The van der Waals surface area contributed by atoms with E-state index in [-0.39, 0.29) is 19.0 Å². The molecule has 0 aromatic rings. The molecule has 16 heavy (non-hydrogen) atoms. The minimum Gasteiger partial charge on any atom is -0.465 e. The normalized spacial score (nSPS) is 33.8. The van der Waals surface area contributed by atoms with Gasteiger partial charge in [-0.25, -0.2) is 0 Å². The van der Waals surface area contributed by atoms with Crippen molar-refractivity contribution in [2.75, 3.05) is 20.3 Å². The molecule has 2 heterocycles. The van der Waals surface area contributed by atoms with Crippen molar-refractivity contribution in [3.63, 3.8) is 0 Å². The smallest absolute Gasteiger partial charge is 0.329 e. The minimum absolute atomic E-state index is 0.0681. The van der Waals surface area contributed by atoms with E-state index in [2.05, 4.69) is 0 Å². The summed E-state index contributed by atoms with van der Waals surface area (Å²) < 4.78 is 20.2. The topological polar surface area (TPSA) is 71.1 Å². The van der Waals surface area contributed by atoms with E-state index in [0.29, 0.717) is 13.0 Å². The van der Waals surface area contributed by atoms with Crippen molar-refractivity contribution in [3.05, 3.63) is 0 Å². The van der Waals surface area contributed by atoms with E-state index < -0.39 is 17.9 Å². The number of carbonyl (C=O) groups excluding carboxylic acids is 2. The lowest BCUT2D eigenvalue weighted by atomic mass is 10.1. The number of rotatable bonds is 3. The summed E-state index contributed by atoms with van der Waals surface area (Å²) in [5.41, 5.74) is 0. The van der Waals surface area contributed by atoms with Gasteiger partial charge in [0.1, 0.15) is 12.5 Å². The maximum absolute atomic E-state index is 11.7. The SMILES string of the molecule is COC1(OC(=O)C2COC(=O)C2)CCCO1. The predicted octanol–water partition coefficient (Wildman–Crippen LogP) is 0.203. The van der Waals surface area contributed by atoms with Crippen molar-refractivity contribution in [1.29, 1.82) is 0 Å². The van der Waals surface area contributed by atoms with Crippen LogP contribution in [0.15, 0.2) is 0 Å². The summed E-state index contributed by atoms with van der Waals surface area (Å²) in [5.74, 6) is -2.68. The maximum atomic E-state index is 11.7. The van der Waals surface area contributed by atoms with Crippen molar-refractivity contribution in [2.24, 2.45) is 5.92 Å². The van der Waals surface area contributed by atoms with Gasteiger partial charge in [-0.3, -0.25) is 9.59 Å². The molecular formula is C10H14O6. The third kappa shape index (κ3) is 2.17. The van der Waals surface area contributed by atoms with E-state index in [1.165, 1.54) is 7.11 Å². The predicted molar refractivity (Wildman–Crippen MR) is 50.1 cm³/mol. The van der Waals surface area contributed by atoms with E-state index in [0.717, 1.165) is 6.42 Å². The second-order valence-electron chi connectivity index (χ2n) is 3.84. The molecule has 0 aliphatic carbocycles. The van der Waals surface area contributed by atoms with Gasteiger partial charge in [0.2, 0.25) is 0 Å². The molecule has 2 unspecified atom stereocenters. The fraction of sp³-hybridized carbons (Fsp3) is 0.800. The summed E-state index contributed by atoms with van der Waals surface area (Å²) in [4.78, 5) is 22.5. The van der Waals surface area contributed by atoms with Crippen LogP contribution in [0.1, 0.15) is 19.3 Å². The number of cyclic esters (lactones) is 1. The van der Waals surface area contributed by atoms with E-state index in [9.17, 15) is 9.59 Å². The molecular weight excluding hydrogens is 216 g/mol. The Morgan fingerprint density at radius 2 is 2.38 bits per heavy atom. The van der Waals surface area contributed by atoms with Crippen molar-refractivity contribution in [3.8, 4) is 0 Å². The Labute approximate surface area is 92.8 Å². The van der Waals surface area contributed by atoms with E-state index in [4.69, 9.17) is 18.9 Å². The first kappa shape index (κ1) is 11.3. The van der Waals surface area contributed by atoms with Gasteiger partial charge in [-0.2, -0.15) is 0 Å². The second-order valence-corrected chi connectivity index (χ2v) is 3.84. The zero-order valence-corrected chi connectivity index (χ0v) is 9.06. The van der Waals surface area contributed by atoms with Gasteiger partial charge in [-0.1, -0.05) is 0 Å². The fourth-order valence-electron chi connectivity index (χ4n) is 1.77. The van der Waals surface area contributed by atoms with Crippen LogP contribution in [0, 0.1) is 5.92 Å². The quantitative estimate of drug-likeness (QED) is 0.509. The van der Waals surface area contributed by atoms with Crippen molar-refractivity contribution in [1.82, 2.24) is 0 Å². The average Bonchev–Trinajstić information content (AvgIpc) is 2.88. The molecule has 0 spiro atoms. The number of ether oxygens (including phenoxy) is 4. The molecule has 0 N–H and O–H groups in total. The summed E-state index contributed by atoms with van der Waals surface area (Å²) in [6.45, 7) is 0.582. The molecule has 0 aromatic heterocycles. The molecule has 2 saturated heterocycles. The fourth-order valence-corrected chi connectivity index (χ4v) is 1.77. The van der Waals surface area contributed by atoms with Crippen LogP contribution < -0.4 is 0 Å². The lowest BCUT2D eigenvalue weighted by Gasteiger charge is -2.26. The van der Waals surface area contributed by atoms with E-state index in [1.807, 2.05) is 0 Å². The summed E-state index contributed by atoms with van der Waals surface area (Å²) in [6.07, 6.45) is 1.36. The van der Waals surface area contributed by atoms with Crippen LogP contribution in [0.2, 0.25) is 0 Å². The summed E-state index contributed by atoms with van der Waals surface area (Å²) in [6, 6.07) is 0. The lowest BCUT2D eigenvalue weighted by molar-refractivity contribution is -0.334. The van der Waals surface area contributed by atoms with Crippen LogP contribution in [-0.4, -0.2) is 38.2 Å². The highest BCUT2D eigenvalue weighted by molar-refractivity contribution is 5.82.